The van der Waals surface area contributed by atoms with Gasteiger partial charge in [-0.25, -0.2) is 4.57 Å². The summed E-state index contributed by atoms with van der Waals surface area (Å²) in [6, 6.07) is 6.03. The van der Waals surface area contributed by atoms with Crippen molar-refractivity contribution in [2.45, 2.75) is 97.1 Å². The zero-order valence-corrected chi connectivity index (χ0v) is 16.6. The van der Waals surface area contributed by atoms with E-state index < -0.39 is 0 Å². The summed E-state index contributed by atoms with van der Waals surface area (Å²) in [5, 5.41) is 9.29. The van der Waals surface area contributed by atoms with Gasteiger partial charge in [0.05, 0.1) is 0 Å². The van der Waals surface area contributed by atoms with Crippen molar-refractivity contribution < 1.29 is 26.7 Å². The molecular formula is C20H36BrNO. The number of pyridine rings is 1. The Morgan fingerprint density at radius 3 is 1.83 bits per heavy atom. The van der Waals surface area contributed by atoms with Crippen molar-refractivity contribution in [3.63, 3.8) is 0 Å². The maximum absolute atomic E-state index is 9.29. The summed E-state index contributed by atoms with van der Waals surface area (Å²) in [6.45, 7) is 3.45. The van der Waals surface area contributed by atoms with E-state index in [4.69, 9.17) is 0 Å². The van der Waals surface area contributed by atoms with Gasteiger partial charge in [0.15, 0.2) is 6.20 Å². The third kappa shape index (κ3) is 11.7. The molecule has 23 heavy (non-hydrogen) atoms. The quantitative estimate of drug-likeness (QED) is 0.385. The second kappa shape index (κ2) is 16.4. The Balaban J connectivity index is 0.00000484. The lowest BCUT2D eigenvalue weighted by Gasteiger charge is -2.03. The molecule has 0 atom stereocenters. The number of aliphatic hydroxyl groups is 1. The normalized spacial score (nSPS) is 10.5. The highest BCUT2D eigenvalue weighted by atomic mass is 79.9. The van der Waals surface area contributed by atoms with Crippen LogP contribution in [0, 0.1) is 0 Å². The van der Waals surface area contributed by atoms with Crippen LogP contribution < -0.4 is 21.5 Å². The highest BCUT2D eigenvalue weighted by Crippen LogP contribution is 2.11. The first-order chi connectivity index (χ1) is 10.9. The zero-order chi connectivity index (χ0) is 15.9. The molecule has 1 rings (SSSR count). The van der Waals surface area contributed by atoms with Crippen molar-refractivity contribution >= 4 is 0 Å². The number of hydrogen-bond donors (Lipinski definition) is 1. The fraction of sp³-hybridized carbons (Fsp3) is 0.750. The molecule has 0 aliphatic carbocycles. The fourth-order valence-corrected chi connectivity index (χ4v) is 3.00. The van der Waals surface area contributed by atoms with Gasteiger partial charge in [-0.15, -0.1) is 0 Å². The number of halogens is 1. The Morgan fingerprint density at radius 2 is 1.30 bits per heavy atom. The predicted octanol–water partition coefficient (Wildman–Crippen LogP) is 2.17. The summed E-state index contributed by atoms with van der Waals surface area (Å²) in [6.07, 6.45) is 18.7. The average Bonchev–Trinajstić information content (AvgIpc) is 2.56. The average molecular weight is 386 g/mol. The first-order valence-corrected chi connectivity index (χ1v) is 9.46. The van der Waals surface area contributed by atoms with E-state index in [0.717, 1.165) is 12.2 Å². The second-order valence-electron chi connectivity index (χ2n) is 6.43. The zero-order valence-electron chi connectivity index (χ0n) is 15.0. The smallest absolute Gasteiger partial charge is 0.206 e. The van der Waals surface area contributed by atoms with Crippen molar-refractivity contribution in [1.82, 2.24) is 0 Å². The monoisotopic (exact) mass is 385 g/mol. The Hall–Kier alpha value is -0.410. The molecule has 1 N–H and O–H groups in total. The summed E-state index contributed by atoms with van der Waals surface area (Å²) in [5.41, 5.74) is 1.02. The molecule has 134 valence electrons. The maximum atomic E-state index is 9.29. The van der Waals surface area contributed by atoms with Crippen molar-refractivity contribution in [2.75, 3.05) is 0 Å². The van der Waals surface area contributed by atoms with Gasteiger partial charge in [0, 0.05) is 18.6 Å². The molecule has 0 aliphatic rings. The number of aliphatic hydroxyl groups excluding tert-OH is 1. The van der Waals surface area contributed by atoms with E-state index in [-0.39, 0.29) is 23.6 Å². The van der Waals surface area contributed by atoms with Crippen LogP contribution >= 0.6 is 0 Å². The number of aromatic nitrogens is 1. The molecule has 0 aromatic carbocycles. The number of unbranched alkanes of at least 4 members (excludes halogenated alkanes) is 11. The van der Waals surface area contributed by atoms with Gasteiger partial charge in [0.25, 0.3) is 0 Å². The minimum absolute atomic E-state index is 0. The van der Waals surface area contributed by atoms with E-state index in [1.54, 1.807) is 0 Å². The molecular weight excluding hydrogens is 350 g/mol. The summed E-state index contributed by atoms with van der Waals surface area (Å²) in [7, 11) is 0. The van der Waals surface area contributed by atoms with Crippen molar-refractivity contribution in [3.05, 3.63) is 30.1 Å². The maximum Gasteiger partial charge on any atom is 0.206 e. The van der Waals surface area contributed by atoms with Gasteiger partial charge >= 0.3 is 0 Å². The van der Waals surface area contributed by atoms with Crippen LogP contribution in [0.3, 0.4) is 0 Å². The van der Waals surface area contributed by atoms with Crippen LogP contribution in [-0.4, -0.2) is 5.11 Å². The Bertz CT molecular complexity index is 370. The molecule has 0 spiro atoms. The van der Waals surface area contributed by atoms with Crippen LogP contribution in [0.15, 0.2) is 24.4 Å². The molecule has 2 nitrogen and oxygen atoms in total. The number of aryl methyl sites for hydroxylation is 1. The Morgan fingerprint density at radius 1 is 0.783 bits per heavy atom. The van der Waals surface area contributed by atoms with Gasteiger partial charge in [0.1, 0.15) is 13.2 Å². The Kier molecular flexibility index (Phi) is 16.2. The highest BCUT2D eigenvalue weighted by Gasteiger charge is 2.06. The topological polar surface area (TPSA) is 24.1 Å². The molecule has 3 heteroatoms. The van der Waals surface area contributed by atoms with Crippen molar-refractivity contribution in [3.8, 4) is 0 Å². The van der Waals surface area contributed by atoms with Crippen molar-refractivity contribution in [2.24, 2.45) is 0 Å². The first-order valence-electron chi connectivity index (χ1n) is 9.46. The second-order valence-corrected chi connectivity index (χ2v) is 6.43. The fourth-order valence-electron chi connectivity index (χ4n) is 3.00. The molecule has 0 fully saturated rings. The van der Waals surface area contributed by atoms with E-state index in [0.29, 0.717) is 0 Å². The molecule has 0 unspecified atom stereocenters. The minimum atomic E-state index is 0. The van der Waals surface area contributed by atoms with Gasteiger partial charge < -0.3 is 22.1 Å². The summed E-state index contributed by atoms with van der Waals surface area (Å²) in [4.78, 5) is 0. The molecule has 0 saturated carbocycles. The lowest BCUT2D eigenvalue weighted by molar-refractivity contribution is -0.706. The molecule has 1 heterocycles. The number of hydrogen-bond acceptors (Lipinski definition) is 1. The highest BCUT2D eigenvalue weighted by molar-refractivity contribution is 4.95. The third-order valence-electron chi connectivity index (χ3n) is 4.45. The summed E-state index contributed by atoms with van der Waals surface area (Å²) < 4.78 is 2.18. The standard InChI is InChI=1S/C20H36NO.BrH/c1-2-3-4-5-6-7-8-9-10-11-12-14-17-21-18-15-13-16-20(21)19-22;/h13,15-16,18,22H,2-12,14,17,19H2,1H3;1H/q+1;/p-1. The van der Waals surface area contributed by atoms with Crippen molar-refractivity contribution in [1.29, 1.82) is 0 Å². The largest absolute Gasteiger partial charge is 1.00 e. The molecule has 0 aliphatic heterocycles. The van der Waals surface area contributed by atoms with Crippen LogP contribution in [0.25, 0.3) is 0 Å². The minimum Gasteiger partial charge on any atom is -1.00 e. The lowest BCUT2D eigenvalue weighted by atomic mass is 10.1. The first kappa shape index (κ1) is 22.6. The molecule has 0 saturated heterocycles. The van der Waals surface area contributed by atoms with E-state index in [1.807, 2.05) is 18.2 Å². The lowest BCUT2D eigenvalue weighted by Crippen LogP contribution is -3.00. The van der Waals surface area contributed by atoms with E-state index in [9.17, 15) is 5.11 Å². The van der Waals surface area contributed by atoms with E-state index >= 15 is 0 Å². The van der Waals surface area contributed by atoms with Crippen LogP contribution in [0.5, 0.6) is 0 Å². The molecule has 1 aromatic heterocycles. The van der Waals surface area contributed by atoms with Crippen LogP contribution in [-0.2, 0) is 13.2 Å². The number of rotatable bonds is 14. The van der Waals surface area contributed by atoms with Crippen LogP contribution in [0.1, 0.15) is 89.7 Å². The third-order valence-corrected chi connectivity index (χ3v) is 4.45. The molecule has 0 amide bonds. The predicted molar refractivity (Wildman–Crippen MR) is 93.6 cm³/mol. The van der Waals surface area contributed by atoms with E-state index in [1.165, 1.54) is 77.0 Å². The van der Waals surface area contributed by atoms with Gasteiger partial charge in [0.2, 0.25) is 5.69 Å². The van der Waals surface area contributed by atoms with Gasteiger partial charge in [-0.1, -0.05) is 77.2 Å². The van der Waals surface area contributed by atoms with Crippen LogP contribution in [0.2, 0.25) is 0 Å². The van der Waals surface area contributed by atoms with Gasteiger partial charge in [-0.05, 0) is 6.42 Å². The van der Waals surface area contributed by atoms with E-state index in [2.05, 4.69) is 17.7 Å². The molecule has 0 radical (unpaired) electrons. The van der Waals surface area contributed by atoms with Crippen LogP contribution in [0.4, 0.5) is 0 Å². The summed E-state index contributed by atoms with van der Waals surface area (Å²) in [5.74, 6) is 0. The molecule has 1 aromatic rings. The molecule has 0 bridgehead atoms. The Labute approximate surface area is 154 Å². The number of nitrogens with zero attached hydrogens (tertiary/aromatic N) is 1. The van der Waals surface area contributed by atoms with Gasteiger partial charge in [-0.2, -0.15) is 0 Å². The SMILES string of the molecule is CCCCCCCCCCCCCC[n+]1ccccc1CO.[Br-]. The summed E-state index contributed by atoms with van der Waals surface area (Å²) >= 11 is 0. The van der Waals surface area contributed by atoms with Gasteiger partial charge in [-0.3, -0.25) is 0 Å².